The molecule has 0 spiro atoms. The van der Waals surface area contributed by atoms with Gasteiger partial charge in [0, 0.05) is 17.7 Å². The zero-order chi connectivity index (χ0) is 9.97. The summed E-state index contributed by atoms with van der Waals surface area (Å²) >= 11 is 5.70. The fraction of sp³-hybridized carbons (Fsp3) is 0.600. The van der Waals surface area contributed by atoms with Crippen LogP contribution >= 0.6 is 11.6 Å². The van der Waals surface area contributed by atoms with Gasteiger partial charge in [-0.25, -0.2) is 9.97 Å². The predicted octanol–water partition coefficient (Wildman–Crippen LogP) is 2.46. The number of rotatable bonds is 2. The van der Waals surface area contributed by atoms with Crippen LogP contribution < -0.4 is 5.73 Å². The van der Waals surface area contributed by atoms with Gasteiger partial charge in [-0.3, -0.25) is 0 Å². The largest absolute Gasteiger partial charge is 0.384 e. The number of alkyl halides is 1. The molecule has 0 unspecified atom stereocenters. The molecular formula is C10H14ClN3. The average molecular weight is 212 g/mol. The number of aromatic nitrogens is 2. The predicted molar refractivity (Wildman–Crippen MR) is 57.2 cm³/mol. The lowest BCUT2D eigenvalue weighted by Crippen LogP contribution is -2.04. The zero-order valence-electron chi connectivity index (χ0n) is 8.04. The van der Waals surface area contributed by atoms with E-state index in [-0.39, 0.29) is 0 Å². The van der Waals surface area contributed by atoms with Crippen molar-refractivity contribution in [3.63, 3.8) is 0 Å². The van der Waals surface area contributed by atoms with Crippen molar-refractivity contribution in [3.05, 3.63) is 17.6 Å². The van der Waals surface area contributed by atoms with Crippen LogP contribution in [0.1, 0.15) is 43.1 Å². The van der Waals surface area contributed by atoms with E-state index < -0.39 is 0 Å². The van der Waals surface area contributed by atoms with Crippen molar-refractivity contribution in [2.24, 2.45) is 0 Å². The molecule has 0 atom stereocenters. The van der Waals surface area contributed by atoms with E-state index in [1.807, 2.05) is 6.07 Å². The van der Waals surface area contributed by atoms with Gasteiger partial charge in [-0.2, -0.15) is 0 Å². The van der Waals surface area contributed by atoms with Crippen LogP contribution in [0.4, 0.5) is 5.82 Å². The maximum Gasteiger partial charge on any atom is 0.145 e. The van der Waals surface area contributed by atoms with Crippen LogP contribution in [0.3, 0.4) is 0 Å². The van der Waals surface area contributed by atoms with E-state index in [2.05, 4.69) is 9.97 Å². The highest BCUT2D eigenvalue weighted by atomic mass is 35.5. The average Bonchev–Trinajstić information content (AvgIpc) is 2.69. The summed E-state index contributed by atoms with van der Waals surface area (Å²) < 4.78 is 0. The van der Waals surface area contributed by atoms with Gasteiger partial charge in [0.25, 0.3) is 0 Å². The third-order valence-corrected chi connectivity index (χ3v) is 2.94. The first-order chi connectivity index (χ1) is 6.79. The summed E-state index contributed by atoms with van der Waals surface area (Å²) in [7, 11) is 0. The number of nitrogens with two attached hydrogens (primary N) is 1. The van der Waals surface area contributed by atoms with Crippen molar-refractivity contribution >= 4 is 17.4 Å². The Morgan fingerprint density at radius 3 is 2.71 bits per heavy atom. The summed E-state index contributed by atoms with van der Waals surface area (Å²) in [5.41, 5.74) is 6.77. The first-order valence-corrected chi connectivity index (χ1v) is 5.52. The van der Waals surface area contributed by atoms with Gasteiger partial charge in [0.15, 0.2) is 0 Å². The van der Waals surface area contributed by atoms with Gasteiger partial charge in [0.2, 0.25) is 0 Å². The number of hydrogen-bond acceptors (Lipinski definition) is 3. The van der Waals surface area contributed by atoms with Gasteiger partial charge in [-0.05, 0) is 12.8 Å². The Morgan fingerprint density at radius 1 is 1.36 bits per heavy atom. The van der Waals surface area contributed by atoms with E-state index in [1.54, 1.807) is 0 Å². The smallest absolute Gasteiger partial charge is 0.145 e. The SMILES string of the molecule is Nc1cc(C2CCCC2)nc(CCl)n1. The zero-order valence-corrected chi connectivity index (χ0v) is 8.80. The van der Waals surface area contributed by atoms with E-state index in [0.29, 0.717) is 23.4 Å². The molecule has 1 aromatic heterocycles. The molecule has 0 saturated heterocycles. The van der Waals surface area contributed by atoms with Crippen molar-refractivity contribution in [2.45, 2.75) is 37.5 Å². The van der Waals surface area contributed by atoms with Crippen molar-refractivity contribution in [2.75, 3.05) is 5.73 Å². The van der Waals surface area contributed by atoms with Crippen LogP contribution in [0, 0.1) is 0 Å². The molecule has 2 N–H and O–H groups in total. The second kappa shape index (κ2) is 4.13. The van der Waals surface area contributed by atoms with Gasteiger partial charge in [0.05, 0.1) is 5.88 Å². The maximum atomic E-state index is 5.70. The molecule has 0 amide bonds. The Morgan fingerprint density at radius 2 is 2.07 bits per heavy atom. The molecule has 0 aromatic carbocycles. The lowest BCUT2D eigenvalue weighted by molar-refractivity contribution is 0.689. The number of hydrogen-bond donors (Lipinski definition) is 1. The van der Waals surface area contributed by atoms with Gasteiger partial charge in [0.1, 0.15) is 11.6 Å². The fourth-order valence-electron chi connectivity index (χ4n) is 2.03. The number of anilines is 1. The molecule has 1 saturated carbocycles. The fourth-order valence-corrected chi connectivity index (χ4v) is 2.15. The normalized spacial score (nSPS) is 17.5. The van der Waals surface area contributed by atoms with Crippen LogP contribution in [-0.2, 0) is 5.88 Å². The van der Waals surface area contributed by atoms with Gasteiger partial charge in [-0.15, -0.1) is 11.6 Å². The molecule has 0 bridgehead atoms. The lowest BCUT2D eigenvalue weighted by Gasteiger charge is -2.09. The van der Waals surface area contributed by atoms with E-state index in [1.165, 1.54) is 25.7 Å². The molecule has 0 aliphatic heterocycles. The van der Waals surface area contributed by atoms with Crippen molar-refractivity contribution in [3.8, 4) is 0 Å². The molecule has 2 rings (SSSR count). The molecule has 1 fully saturated rings. The Balaban J connectivity index is 2.27. The molecule has 1 aliphatic rings. The summed E-state index contributed by atoms with van der Waals surface area (Å²) in [6.45, 7) is 0. The molecule has 1 aliphatic carbocycles. The lowest BCUT2D eigenvalue weighted by atomic mass is 10.0. The summed E-state index contributed by atoms with van der Waals surface area (Å²) in [6.07, 6.45) is 5.03. The van der Waals surface area contributed by atoms with Gasteiger partial charge >= 0.3 is 0 Å². The molecule has 1 heterocycles. The molecule has 3 nitrogen and oxygen atoms in total. The van der Waals surface area contributed by atoms with E-state index in [4.69, 9.17) is 17.3 Å². The molecule has 14 heavy (non-hydrogen) atoms. The van der Waals surface area contributed by atoms with E-state index >= 15 is 0 Å². The second-order valence-corrected chi connectivity index (χ2v) is 4.02. The quantitative estimate of drug-likeness (QED) is 0.765. The highest BCUT2D eigenvalue weighted by molar-refractivity contribution is 6.16. The standard InChI is InChI=1S/C10H14ClN3/c11-6-10-13-8(5-9(12)14-10)7-3-1-2-4-7/h5,7H,1-4,6H2,(H2,12,13,14). The van der Waals surface area contributed by atoms with Crippen LogP contribution in [0.2, 0.25) is 0 Å². The van der Waals surface area contributed by atoms with Crippen molar-refractivity contribution in [1.29, 1.82) is 0 Å². The highest BCUT2D eigenvalue weighted by Gasteiger charge is 2.19. The summed E-state index contributed by atoms with van der Waals surface area (Å²) in [4.78, 5) is 8.47. The second-order valence-electron chi connectivity index (χ2n) is 3.75. The molecule has 0 radical (unpaired) electrons. The summed E-state index contributed by atoms with van der Waals surface area (Å²) in [5, 5.41) is 0. The van der Waals surface area contributed by atoms with E-state index in [0.717, 1.165) is 5.69 Å². The Kier molecular flexibility index (Phi) is 2.87. The van der Waals surface area contributed by atoms with Gasteiger partial charge in [-0.1, -0.05) is 12.8 Å². The third kappa shape index (κ3) is 1.98. The maximum absolute atomic E-state index is 5.70. The summed E-state index contributed by atoms with van der Waals surface area (Å²) in [6, 6.07) is 1.88. The minimum absolute atomic E-state index is 0.338. The van der Waals surface area contributed by atoms with Crippen molar-refractivity contribution in [1.82, 2.24) is 9.97 Å². The van der Waals surface area contributed by atoms with Crippen LogP contribution in [0.5, 0.6) is 0 Å². The first-order valence-electron chi connectivity index (χ1n) is 4.99. The Bertz CT molecular complexity index is 321. The molecular weight excluding hydrogens is 198 g/mol. The molecule has 76 valence electrons. The van der Waals surface area contributed by atoms with Crippen LogP contribution in [0.15, 0.2) is 6.07 Å². The van der Waals surface area contributed by atoms with Crippen LogP contribution in [0.25, 0.3) is 0 Å². The minimum Gasteiger partial charge on any atom is -0.384 e. The monoisotopic (exact) mass is 211 g/mol. The topological polar surface area (TPSA) is 51.8 Å². The highest BCUT2D eigenvalue weighted by Crippen LogP contribution is 2.33. The minimum atomic E-state index is 0.338. The van der Waals surface area contributed by atoms with Crippen LogP contribution in [-0.4, -0.2) is 9.97 Å². The molecule has 1 aromatic rings. The third-order valence-electron chi connectivity index (χ3n) is 2.71. The number of nitrogen functional groups attached to an aromatic ring is 1. The van der Waals surface area contributed by atoms with Crippen molar-refractivity contribution < 1.29 is 0 Å². The van der Waals surface area contributed by atoms with Gasteiger partial charge < -0.3 is 5.73 Å². The Hall–Kier alpha value is -0.830. The number of nitrogens with zero attached hydrogens (tertiary/aromatic N) is 2. The first kappa shape index (κ1) is 9.71. The summed E-state index contributed by atoms with van der Waals surface area (Å²) in [5.74, 6) is 2.10. The molecule has 4 heteroatoms. The van der Waals surface area contributed by atoms with E-state index in [9.17, 15) is 0 Å². The number of halogens is 1. The Labute approximate surface area is 88.7 Å².